The molecular weight excluding hydrogens is 110 g/mol. The largest absolute Gasteiger partial charge is 0.303 e. The topological polar surface area (TPSA) is 3.24 Å². The molecule has 0 spiro atoms. The Labute approximate surface area is 58.4 Å². The minimum Gasteiger partial charge on any atom is -0.303 e. The van der Waals surface area contributed by atoms with E-state index in [0.717, 1.165) is 6.54 Å². The van der Waals surface area contributed by atoms with Gasteiger partial charge in [0, 0.05) is 6.54 Å². The van der Waals surface area contributed by atoms with Gasteiger partial charge in [-0.05, 0) is 26.9 Å². The summed E-state index contributed by atoms with van der Waals surface area (Å²) in [6.45, 7) is 6.54. The Kier molecular flexibility index (Phi) is 5.64. The summed E-state index contributed by atoms with van der Waals surface area (Å²) in [6, 6.07) is 0. The van der Waals surface area contributed by atoms with Crippen LogP contribution in [0.4, 0.5) is 0 Å². The Hall–Kier alpha value is -0.300. The number of allylic oxidation sites excluding steroid dienone is 1. The highest BCUT2D eigenvalue weighted by molar-refractivity contribution is 4.79. The second kappa shape index (κ2) is 5.83. The van der Waals surface area contributed by atoms with Gasteiger partial charge >= 0.3 is 0 Å². The first-order chi connectivity index (χ1) is 4.31. The Morgan fingerprint density at radius 2 is 2.11 bits per heavy atom. The third-order valence-corrected chi connectivity index (χ3v) is 1.26. The van der Waals surface area contributed by atoms with Gasteiger partial charge in [0.1, 0.15) is 0 Å². The van der Waals surface area contributed by atoms with Crippen molar-refractivity contribution in [3.8, 4) is 0 Å². The molecule has 0 saturated carbocycles. The molecule has 0 atom stereocenters. The zero-order chi connectivity index (χ0) is 7.11. The standard InChI is InChI=1S/C8H17N/c1-4-6-8-9(3)7-5-2/h4,6H,5,7-8H2,1-3H3. The van der Waals surface area contributed by atoms with Gasteiger partial charge in [0.05, 0.1) is 0 Å². The fourth-order valence-corrected chi connectivity index (χ4v) is 0.758. The molecule has 0 radical (unpaired) electrons. The predicted octanol–water partition coefficient (Wildman–Crippen LogP) is 1.90. The molecule has 0 N–H and O–H groups in total. The van der Waals surface area contributed by atoms with Crippen molar-refractivity contribution in [1.82, 2.24) is 4.90 Å². The van der Waals surface area contributed by atoms with Gasteiger partial charge in [-0.3, -0.25) is 0 Å². The molecule has 54 valence electrons. The van der Waals surface area contributed by atoms with E-state index >= 15 is 0 Å². The Morgan fingerprint density at radius 3 is 2.56 bits per heavy atom. The molecule has 0 amide bonds. The first-order valence-electron chi connectivity index (χ1n) is 3.61. The van der Waals surface area contributed by atoms with E-state index in [0.29, 0.717) is 0 Å². The van der Waals surface area contributed by atoms with E-state index in [1.807, 2.05) is 0 Å². The predicted molar refractivity (Wildman–Crippen MR) is 42.6 cm³/mol. The average molecular weight is 127 g/mol. The van der Waals surface area contributed by atoms with Gasteiger partial charge < -0.3 is 4.90 Å². The van der Waals surface area contributed by atoms with Crippen molar-refractivity contribution < 1.29 is 0 Å². The first-order valence-corrected chi connectivity index (χ1v) is 3.61. The van der Waals surface area contributed by atoms with E-state index in [9.17, 15) is 0 Å². The zero-order valence-corrected chi connectivity index (χ0v) is 6.72. The summed E-state index contributed by atoms with van der Waals surface area (Å²) in [5.74, 6) is 0. The van der Waals surface area contributed by atoms with Gasteiger partial charge in [0.2, 0.25) is 0 Å². The van der Waals surface area contributed by atoms with E-state index < -0.39 is 0 Å². The summed E-state index contributed by atoms with van der Waals surface area (Å²) in [5.41, 5.74) is 0. The number of hydrogen-bond donors (Lipinski definition) is 0. The highest BCUT2D eigenvalue weighted by Gasteiger charge is 1.89. The lowest BCUT2D eigenvalue weighted by molar-refractivity contribution is 0.370. The SMILES string of the molecule is CC=CCN(C)CCC. The van der Waals surface area contributed by atoms with Crippen LogP contribution in [0.2, 0.25) is 0 Å². The minimum atomic E-state index is 1.09. The molecule has 1 nitrogen and oxygen atoms in total. The molecule has 0 aliphatic carbocycles. The summed E-state index contributed by atoms with van der Waals surface area (Å²) >= 11 is 0. The van der Waals surface area contributed by atoms with E-state index in [2.05, 4.69) is 37.9 Å². The van der Waals surface area contributed by atoms with Crippen molar-refractivity contribution >= 4 is 0 Å². The molecule has 0 aromatic heterocycles. The van der Waals surface area contributed by atoms with Gasteiger partial charge in [0.15, 0.2) is 0 Å². The molecule has 0 bridgehead atoms. The summed E-state index contributed by atoms with van der Waals surface area (Å²) in [6.07, 6.45) is 5.51. The molecule has 0 rings (SSSR count). The van der Waals surface area contributed by atoms with Crippen LogP contribution in [0.5, 0.6) is 0 Å². The van der Waals surface area contributed by atoms with Crippen LogP contribution in [0.25, 0.3) is 0 Å². The van der Waals surface area contributed by atoms with Crippen LogP contribution in [-0.4, -0.2) is 25.0 Å². The zero-order valence-electron chi connectivity index (χ0n) is 6.72. The van der Waals surface area contributed by atoms with Gasteiger partial charge in [-0.1, -0.05) is 19.1 Å². The number of likely N-dealkylation sites (N-methyl/N-ethyl adjacent to an activating group) is 1. The maximum absolute atomic E-state index is 2.31. The molecule has 0 unspecified atom stereocenters. The second-order valence-electron chi connectivity index (χ2n) is 2.33. The molecular formula is C8H17N. The lowest BCUT2D eigenvalue weighted by Gasteiger charge is -2.11. The van der Waals surface area contributed by atoms with Gasteiger partial charge in [-0.15, -0.1) is 0 Å². The van der Waals surface area contributed by atoms with Gasteiger partial charge in [0.25, 0.3) is 0 Å². The highest BCUT2D eigenvalue weighted by Crippen LogP contribution is 1.85. The first kappa shape index (κ1) is 8.70. The van der Waals surface area contributed by atoms with E-state index in [1.165, 1.54) is 13.0 Å². The molecule has 0 aliphatic heterocycles. The average Bonchev–Trinajstić information content (AvgIpc) is 1.85. The quantitative estimate of drug-likeness (QED) is 0.521. The molecule has 0 heterocycles. The fraction of sp³-hybridized carbons (Fsp3) is 0.750. The smallest absolute Gasteiger partial charge is 0.0160 e. The molecule has 0 saturated heterocycles. The van der Waals surface area contributed by atoms with Crippen molar-refractivity contribution in [2.45, 2.75) is 20.3 Å². The summed E-state index contributed by atoms with van der Waals surface area (Å²) in [5, 5.41) is 0. The minimum absolute atomic E-state index is 1.09. The normalized spacial score (nSPS) is 11.6. The van der Waals surface area contributed by atoms with Crippen LogP contribution in [0.3, 0.4) is 0 Å². The number of rotatable bonds is 4. The molecule has 1 heteroatoms. The highest BCUT2D eigenvalue weighted by atomic mass is 15.1. The van der Waals surface area contributed by atoms with Crippen LogP contribution in [0, 0.1) is 0 Å². The Balaban J connectivity index is 3.15. The van der Waals surface area contributed by atoms with Crippen molar-refractivity contribution in [3.63, 3.8) is 0 Å². The molecule has 0 aromatic carbocycles. The van der Waals surface area contributed by atoms with Gasteiger partial charge in [-0.25, -0.2) is 0 Å². The summed E-state index contributed by atoms with van der Waals surface area (Å²) < 4.78 is 0. The Morgan fingerprint density at radius 1 is 1.44 bits per heavy atom. The van der Waals surface area contributed by atoms with E-state index in [4.69, 9.17) is 0 Å². The summed E-state index contributed by atoms with van der Waals surface area (Å²) in [7, 11) is 2.14. The lowest BCUT2D eigenvalue weighted by Crippen LogP contribution is -2.18. The van der Waals surface area contributed by atoms with E-state index in [-0.39, 0.29) is 0 Å². The van der Waals surface area contributed by atoms with Gasteiger partial charge in [-0.2, -0.15) is 0 Å². The molecule has 0 aromatic rings. The van der Waals surface area contributed by atoms with Crippen LogP contribution >= 0.6 is 0 Å². The number of nitrogens with zero attached hydrogens (tertiary/aromatic N) is 1. The van der Waals surface area contributed by atoms with Crippen molar-refractivity contribution in [2.75, 3.05) is 20.1 Å². The van der Waals surface area contributed by atoms with E-state index in [1.54, 1.807) is 0 Å². The maximum atomic E-state index is 2.31. The lowest BCUT2D eigenvalue weighted by atomic mass is 10.4. The van der Waals surface area contributed by atoms with Crippen LogP contribution in [-0.2, 0) is 0 Å². The second-order valence-corrected chi connectivity index (χ2v) is 2.33. The fourth-order valence-electron chi connectivity index (χ4n) is 0.758. The number of hydrogen-bond acceptors (Lipinski definition) is 1. The van der Waals surface area contributed by atoms with Crippen LogP contribution < -0.4 is 0 Å². The monoisotopic (exact) mass is 127 g/mol. The van der Waals surface area contributed by atoms with Crippen molar-refractivity contribution in [3.05, 3.63) is 12.2 Å². The third-order valence-electron chi connectivity index (χ3n) is 1.26. The summed E-state index contributed by atoms with van der Waals surface area (Å²) in [4.78, 5) is 2.31. The molecule has 9 heavy (non-hydrogen) atoms. The third kappa shape index (κ3) is 5.57. The molecule has 0 aliphatic rings. The maximum Gasteiger partial charge on any atom is 0.0160 e. The van der Waals surface area contributed by atoms with Crippen LogP contribution in [0.1, 0.15) is 20.3 Å². The van der Waals surface area contributed by atoms with Crippen molar-refractivity contribution in [2.24, 2.45) is 0 Å². The Bertz CT molecular complexity index is 76.6. The molecule has 0 fully saturated rings. The van der Waals surface area contributed by atoms with Crippen LogP contribution in [0.15, 0.2) is 12.2 Å². The van der Waals surface area contributed by atoms with Crippen molar-refractivity contribution in [1.29, 1.82) is 0 Å².